The molecule has 0 bridgehead atoms. The van der Waals surface area contributed by atoms with Crippen molar-refractivity contribution in [2.24, 2.45) is 0 Å². The summed E-state index contributed by atoms with van der Waals surface area (Å²) in [6.45, 7) is 0.995. The van der Waals surface area contributed by atoms with Crippen LogP contribution in [0.1, 0.15) is 6.92 Å². The molecule has 1 aliphatic rings. The number of nitrogens with one attached hydrogen (secondary N) is 1. The van der Waals surface area contributed by atoms with Crippen molar-refractivity contribution in [2.45, 2.75) is 48.1 Å². The zero-order chi connectivity index (χ0) is 13.9. The number of hydrogen-bond acceptors (Lipinski definition) is 6. The molecule has 4 N–H and O–H groups in total. The van der Waals surface area contributed by atoms with E-state index in [9.17, 15) is 15.0 Å². The predicted molar refractivity (Wildman–Crippen MR) is 70.4 cm³/mol. The van der Waals surface area contributed by atoms with Crippen LogP contribution in [0.2, 0.25) is 11.4 Å². The molecule has 8 heteroatoms. The summed E-state index contributed by atoms with van der Waals surface area (Å²) in [4.78, 5) is 11.1. The van der Waals surface area contributed by atoms with Crippen LogP contribution < -0.4 is 5.32 Å². The third-order valence-electron chi connectivity index (χ3n) is 2.57. The standard InChI is InChI=1S/C10H20AsNO5S/c1-5(14)12-7-9(16)8(15)6(4-13)17-10(7)18-11(2)3/h6-10,13,15-16H,4H2,1-3H3,(H,12,14)/t6-,7-,8-,9-,10+/m1/s1. The third kappa shape index (κ3) is 4.11. The second kappa shape index (κ2) is 7.12. The van der Waals surface area contributed by atoms with Crippen molar-refractivity contribution in [1.82, 2.24) is 5.32 Å². The monoisotopic (exact) mass is 341 g/mol. The number of aliphatic hydroxyl groups is 3. The fourth-order valence-corrected chi connectivity index (χ4v) is 6.49. The van der Waals surface area contributed by atoms with Crippen LogP contribution in [0, 0.1) is 0 Å². The van der Waals surface area contributed by atoms with Gasteiger partial charge < -0.3 is 0 Å². The fourth-order valence-electron chi connectivity index (χ4n) is 1.77. The van der Waals surface area contributed by atoms with Crippen LogP contribution >= 0.6 is 10.0 Å². The zero-order valence-corrected chi connectivity index (χ0v) is 13.3. The number of carbonyl (C=O) groups excluding carboxylic acids is 1. The minimum absolute atomic E-state index is 0.283. The van der Waals surface area contributed by atoms with E-state index >= 15 is 0 Å². The molecule has 1 heterocycles. The first-order valence-electron chi connectivity index (χ1n) is 5.60. The molecule has 1 aliphatic heterocycles. The Kier molecular flexibility index (Phi) is 6.44. The van der Waals surface area contributed by atoms with Gasteiger partial charge in [-0.15, -0.1) is 0 Å². The summed E-state index contributed by atoms with van der Waals surface area (Å²) in [6.07, 6.45) is -3.14. The molecule has 0 spiro atoms. The summed E-state index contributed by atoms with van der Waals surface area (Å²) < 4.78 is 5.57. The van der Waals surface area contributed by atoms with Crippen molar-refractivity contribution in [3.63, 3.8) is 0 Å². The average Bonchev–Trinajstić information content (AvgIpc) is 2.27. The van der Waals surface area contributed by atoms with Crippen molar-refractivity contribution < 1.29 is 24.9 Å². The van der Waals surface area contributed by atoms with Gasteiger partial charge in [-0.2, -0.15) is 0 Å². The van der Waals surface area contributed by atoms with E-state index in [4.69, 9.17) is 9.84 Å². The van der Waals surface area contributed by atoms with Gasteiger partial charge in [0.15, 0.2) is 0 Å². The minimum atomic E-state index is -1.20. The first-order chi connectivity index (χ1) is 8.36. The summed E-state index contributed by atoms with van der Waals surface area (Å²) >= 11 is -1.11. The average molecular weight is 341 g/mol. The molecular formula is C10H20AsNO5S. The maximum atomic E-state index is 11.1. The van der Waals surface area contributed by atoms with Gasteiger partial charge in [-0.05, 0) is 0 Å². The molecule has 0 aromatic carbocycles. The molecule has 1 fully saturated rings. The van der Waals surface area contributed by atoms with Crippen LogP contribution in [0.4, 0.5) is 0 Å². The van der Waals surface area contributed by atoms with Crippen LogP contribution in [0.5, 0.6) is 0 Å². The molecule has 5 atom stereocenters. The van der Waals surface area contributed by atoms with E-state index in [0.717, 1.165) is 0 Å². The molecule has 0 aromatic heterocycles. The Labute approximate surface area is 114 Å². The molecule has 0 aromatic rings. The van der Waals surface area contributed by atoms with E-state index in [0.29, 0.717) is 0 Å². The number of carbonyl (C=O) groups is 1. The maximum absolute atomic E-state index is 11.1. The van der Waals surface area contributed by atoms with Gasteiger partial charge in [-0.25, -0.2) is 0 Å². The molecule has 0 unspecified atom stereocenters. The van der Waals surface area contributed by atoms with Crippen LogP contribution in [-0.4, -0.2) is 71.1 Å². The van der Waals surface area contributed by atoms with Crippen LogP contribution in [0.3, 0.4) is 0 Å². The van der Waals surface area contributed by atoms with Crippen LogP contribution in [0.25, 0.3) is 0 Å². The Morgan fingerprint density at radius 2 is 2.00 bits per heavy atom. The SMILES string of the molecule is CC(=O)N[C@@H]1[C@@H](O)[C@H](O)[C@@H](CO)O[C@H]1S[As](C)C. The topological polar surface area (TPSA) is 99.0 Å². The molecule has 106 valence electrons. The van der Waals surface area contributed by atoms with Gasteiger partial charge in [0.1, 0.15) is 0 Å². The number of ether oxygens (including phenoxy) is 1. The third-order valence-corrected chi connectivity index (χ3v) is 7.56. The first kappa shape index (κ1) is 16.3. The van der Waals surface area contributed by atoms with Crippen molar-refractivity contribution in [2.75, 3.05) is 6.61 Å². The molecule has 1 saturated heterocycles. The molecule has 0 aliphatic carbocycles. The summed E-state index contributed by atoms with van der Waals surface area (Å²) in [7, 11) is 1.58. The van der Waals surface area contributed by atoms with Gasteiger partial charge in [-0.3, -0.25) is 0 Å². The Morgan fingerprint density at radius 1 is 1.39 bits per heavy atom. The Balaban J connectivity index is 2.83. The Morgan fingerprint density at radius 3 is 2.44 bits per heavy atom. The van der Waals surface area contributed by atoms with Crippen molar-refractivity contribution in [3.05, 3.63) is 0 Å². The van der Waals surface area contributed by atoms with E-state index in [1.807, 2.05) is 0 Å². The predicted octanol–water partition coefficient (Wildman–Crippen LogP) is -1.09. The molecule has 0 saturated carbocycles. The molecule has 18 heavy (non-hydrogen) atoms. The zero-order valence-electron chi connectivity index (χ0n) is 10.6. The van der Waals surface area contributed by atoms with Crippen LogP contribution in [0.15, 0.2) is 0 Å². The normalized spacial score (nSPS) is 36.7. The van der Waals surface area contributed by atoms with Crippen molar-refractivity contribution in [3.8, 4) is 0 Å². The molecule has 0 radical (unpaired) electrons. The summed E-state index contributed by atoms with van der Waals surface area (Å²) in [5, 5.41) is 31.5. The molecule has 1 rings (SSSR count). The molecule has 1 amide bonds. The Hall–Kier alpha value is 0.218. The van der Waals surface area contributed by atoms with E-state index in [2.05, 4.69) is 16.7 Å². The van der Waals surface area contributed by atoms with Gasteiger partial charge in [-0.1, -0.05) is 0 Å². The van der Waals surface area contributed by atoms with Gasteiger partial charge in [0.25, 0.3) is 0 Å². The number of hydrogen-bond donors (Lipinski definition) is 4. The van der Waals surface area contributed by atoms with Gasteiger partial charge in [0, 0.05) is 0 Å². The van der Waals surface area contributed by atoms with Gasteiger partial charge in [0.2, 0.25) is 0 Å². The van der Waals surface area contributed by atoms with E-state index < -0.39 is 43.3 Å². The Bertz CT molecular complexity index is 293. The second-order valence-electron chi connectivity index (χ2n) is 4.35. The van der Waals surface area contributed by atoms with E-state index in [1.165, 1.54) is 6.92 Å². The quantitative estimate of drug-likeness (QED) is 0.485. The fraction of sp³-hybridized carbons (Fsp3) is 0.900. The van der Waals surface area contributed by atoms with E-state index in [1.54, 1.807) is 10.0 Å². The summed E-state index contributed by atoms with van der Waals surface area (Å²) in [5.41, 5.74) is 3.79. The molecular weight excluding hydrogens is 321 g/mol. The number of aliphatic hydroxyl groups excluding tert-OH is 3. The summed E-state index contributed by atoms with van der Waals surface area (Å²) in [5.74, 6) is -0.283. The summed E-state index contributed by atoms with van der Waals surface area (Å²) in [6, 6.07) is -0.651. The van der Waals surface area contributed by atoms with Crippen molar-refractivity contribution in [1.29, 1.82) is 0 Å². The second-order valence-corrected chi connectivity index (χ2v) is 13.6. The van der Waals surface area contributed by atoms with Gasteiger partial charge in [0.05, 0.1) is 0 Å². The van der Waals surface area contributed by atoms with Gasteiger partial charge >= 0.3 is 114 Å². The number of rotatable bonds is 4. The van der Waals surface area contributed by atoms with E-state index in [-0.39, 0.29) is 12.5 Å². The van der Waals surface area contributed by atoms with Crippen LogP contribution in [-0.2, 0) is 9.53 Å². The van der Waals surface area contributed by atoms with Crippen molar-refractivity contribution >= 4 is 29.4 Å². The number of amides is 1. The first-order valence-corrected chi connectivity index (χ1v) is 12.5. The molecule has 6 nitrogen and oxygen atoms in total.